The number of carbonyl (C=O) groups is 1. The smallest absolute Gasteiger partial charge is 0.307 e. The number of carbonyl (C=O) groups excluding carboxylic acids is 1. The number of hydrogen-bond donors (Lipinski definition) is 2. The molecule has 0 radical (unpaired) electrons. The van der Waals surface area contributed by atoms with Crippen molar-refractivity contribution in [2.45, 2.75) is 19.4 Å². The van der Waals surface area contributed by atoms with Gasteiger partial charge in [-0.2, -0.15) is 0 Å². The maximum atomic E-state index is 10.6. The zero-order valence-electron chi connectivity index (χ0n) is 6.17. The van der Waals surface area contributed by atoms with Gasteiger partial charge >= 0.3 is 5.97 Å². The van der Waals surface area contributed by atoms with Gasteiger partial charge in [0.25, 0.3) is 0 Å². The quantitative estimate of drug-likeness (QED) is 0.510. The highest BCUT2D eigenvalue weighted by Crippen LogP contribution is 1.85. The molecule has 0 heterocycles. The molecule has 0 aromatic carbocycles. The van der Waals surface area contributed by atoms with Gasteiger partial charge in [0.15, 0.2) is 0 Å². The molecular formula is C6H14N2O2. The van der Waals surface area contributed by atoms with Gasteiger partial charge in [0.2, 0.25) is 0 Å². The van der Waals surface area contributed by atoms with Gasteiger partial charge in [-0.15, -0.1) is 0 Å². The van der Waals surface area contributed by atoms with Crippen LogP contribution in [0.1, 0.15) is 13.3 Å². The number of rotatable bonds is 4. The molecule has 0 rings (SSSR count). The maximum Gasteiger partial charge on any atom is 0.307 e. The summed E-state index contributed by atoms with van der Waals surface area (Å²) in [5, 5.41) is 0. The summed E-state index contributed by atoms with van der Waals surface area (Å²) in [5.41, 5.74) is 10.4. The summed E-state index contributed by atoms with van der Waals surface area (Å²) < 4.78 is 4.70. The van der Waals surface area contributed by atoms with Crippen LogP contribution in [0.15, 0.2) is 0 Å². The Bertz CT molecular complexity index is 104. The monoisotopic (exact) mass is 146 g/mol. The third-order valence-corrected chi connectivity index (χ3v) is 0.856. The summed E-state index contributed by atoms with van der Waals surface area (Å²) >= 11 is 0. The summed E-state index contributed by atoms with van der Waals surface area (Å²) in [6.45, 7) is 2.38. The molecule has 0 saturated carbocycles. The predicted molar refractivity (Wildman–Crippen MR) is 38.3 cm³/mol. The van der Waals surface area contributed by atoms with Crippen molar-refractivity contribution in [3.63, 3.8) is 0 Å². The Hall–Kier alpha value is -0.610. The van der Waals surface area contributed by atoms with Crippen LogP contribution < -0.4 is 11.5 Å². The Balaban J connectivity index is 3.22. The molecule has 0 bridgehead atoms. The zero-order valence-corrected chi connectivity index (χ0v) is 6.17. The molecule has 60 valence electrons. The highest BCUT2D eigenvalue weighted by Gasteiger charge is 2.01. The number of esters is 1. The lowest BCUT2D eigenvalue weighted by Gasteiger charge is -2.05. The van der Waals surface area contributed by atoms with Crippen LogP contribution in [0.4, 0.5) is 0 Å². The molecule has 0 aliphatic rings. The summed E-state index contributed by atoms with van der Waals surface area (Å²) in [5.74, 6) is -0.278. The Morgan fingerprint density at radius 2 is 2.30 bits per heavy atom. The highest BCUT2D eigenvalue weighted by molar-refractivity contribution is 5.69. The molecule has 4 heteroatoms. The molecular weight excluding hydrogens is 132 g/mol. The van der Waals surface area contributed by atoms with E-state index in [4.69, 9.17) is 16.2 Å². The third-order valence-electron chi connectivity index (χ3n) is 0.856. The van der Waals surface area contributed by atoms with Crippen molar-refractivity contribution >= 4 is 5.97 Å². The first-order valence-electron chi connectivity index (χ1n) is 3.28. The molecule has 10 heavy (non-hydrogen) atoms. The lowest BCUT2D eigenvalue weighted by molar-refractivity contribution is -0.143. The molecule has 0 saturated heterocycles. The molecule has 4 nitrogen and oxygen atoms in total. The Morgan fingerprint density at radius 1 is 1.70 bits per heavy atom. The number of ether oxygens (including phenoxy) is 1. The van der Waals surface area contributed by atoms with Gasteiger partial charge in [-0.3, -0.25) is 4.79 Å². The van der Waals surface area contributed by atoms with E-state index in [1.54, 1.807) is 6.92 Å². The molecule has 0 spiro atoms. The van der Waals surface area contributed by atoms with Crippen molar-refractivity contribution in [1.29, 1.82) is 0 Å². The van der Waals surface area contributed by atoms with Gasteiger partial charge < -0.3 is 16.2 Å². The van der Waals surface area contributed by atoms with E-state index in [0.717, 1.165) is 0 Å². The zero-order chi connectivity index (χ0) is 7.98. The van der Waals surface area contributed by atoms with E-state index in [-0.39, 0.29) is 25.0 Å². The van der Waals surface area contributed by atoms with Gasteiger partial charge in [0.05, 0.1) is 6.42 Å². The lowest BCUT2D eigenvalue weighted by atomic mass is 10.4. The van der Waals surface area contributed by atoms with E-state index in [1.165, 1.54) is 0 Å². The van der Waals surface area contributed by atoms with Crippen molar-refractivity contribution in [2.75, 3.05) is 13.2 Å². The molecule has 4 N–H and O–H groups in total. The SMILES string of the molecule is CC(N)COC(=O)CCN. The van der Waals surface area contributed by atoms with Crippen LogP contribution >= 0.6 is 0 Å². The minimum atomic E-state index is -0.278. The maximum absolute atomic E-state index is 10.6. The molecule has 0 aliphatic carbocycles. The first kappa shape index (κ1) is 9.39. The molecule has 0 amide bonds. The number of hydrogen-bond acceptors (Lipinski definition) is 4. The van der Waals surface area contributed by atoms with Gasteiger partial charge in [-0.05, 0) is 6.92 Å². The first-order valence-corrected chi connectivity index (χ1v) is 3.28. The van der Waals surface area contributed by atoms with Crippen molar-refractivity contribution in [2.24, 2.45) is 11.5 Å². The van der Waals surface area contributed by atoms with E-state index < -0.39 is 0 Å². The van der Waals surface area contributed by atoms with Crippen molar-refractivity contribution in [1.82, 2.24) is 0 Å². The van der Waals surface area contributed by atoms with Crippen molar-refractivity contribution in [3.8, 4) is 0 Å². The fraction of sp³-hybridized carbons (Fsp3) is 0.833. The van der Waals surface area contributed by atoms with Crippen LogP contribution in [-0.4, -0.2) is 25.2 Å². The van der Waals surface area contributed by atoms with Crippen LogP contribution in [0.3, 0.4) is 0 Å². The lowest BCUT2D eigenvalue weighted by Crippen LogP contribution is -2.24. The largest absolute Gasteiger partial charge is 0.464 e. The van der Waals surface area contributed by atoms with E-state index in [1.807, 2.05) is 0 Å². The number of nitrogens with two attached hydrogens (primary N) is 2. The Kier molecular flexibility index (Phi) is 4.88. The topological polar surface area (TPSA) is 78.3 Å². The van der Waals surface area contributed by atoms with E-state index in [2.05, 4.69) is 0 Å². The molecule has 0 aromatic rings. The fourth-order valence-corrected chi connectivity index (χ4v) is 0.414. The van der Waals surface area contributed by atoms with E-state index >= 15 is 0 Å². The van der Waals surface area contributed by atoms with Crippen LogP contribution in [0.2, 0.25) is 0 Å². The molecule has 1 unspecified atom stereocenters. The molecule has 1 atom stereocenters. The summed E-state index contributed by atoms with van der Waals surface area (Å²) in [4.78, 5) is 10.6. The average molecular weight is 146 g/mol. The van der Waals surface area contributed by atoms with Gasteiger partial charge in [-0.1, -0.05) is 0 Å². The van der Waals surface area contributed by atoms with Crippen LogP contribution in [0.5, 0.6) is 0 Å². The van der Waals surface area contributed by atoms with Crippen LogP contribution in [-0.2, 0) is 9.53 Å². The Labute approximate surface area is 60.5 Å². The summed E-state index contributed by atoms with van der Waals surface area (Å²) in [6, 6.07) is -0.0956. The molecule has 0 fully saturated rings. The van der Waals surface area contributed by atoms with Crippen LogP contribution in [0.25, 0.3) is 0 Å². The van der Waals surface area contributed by atoms with Gasteiger partial charge in [0, 0.05) is 12.6 Å². The van der Waals surface area contributed by atoms with E-state index in [9.17, 15) is 4.79 Å². The van der Waals surface area contributed by atoms with Crippen LogP contribution in [0, 0.1) is 0 Å². The average Bonchev–Trinajstić information content (AvgIpc) is 1.85. The third kappa shape index (κ3) is 5.53. The van der Waals surface area contributed by atoms with Crippen molar-refractivity contribution < 1.29 is 9.53 Å². The normalized spacial score (nSPS) is 12.7. The second-order valence-corrected chi connectivity index (χ2v) is 2.20. The summed E-state index contributed by atoms with van der Waals surface area (Å²) in [7, 11) is 0. The predicted octanol–water partition coefficient (Wildman–Crippen LogP) is -0.774. The molecule has 0 aliphatic heterocycles. The van der Waals surface area contributed by atoms with E-state index in [0.29, 0.717) is 6.54 Å². The van der Waals surface area contributed by atoms with Gasteiger partial charge in [0.1, 0.15) is 6.61 Å². The highest BCUT2D eigenvalue weighted by atomic mass is 16.5. The van der Waals surface area contributed by atoms with Crippen molar-refractivity contribution in [3.05, 3.63) is 0 Å². The second-order valence-electron chi connectivity index (χ2n) is 2.20. The second kappa shape index (κ2) is 5.20. The summed E-state index contributed by atoms with van der Waals surface area (Å²) in [6.07, 6.45) is 0.271. The fourth-order valence-electron chi connectivity index (χ4n) is 0.414. The Morgan fingerprint density at radius 3 is 2.70 bits per heavy atom. The minimum Gasteiger partial charge on any atom is -0.464 e. The standard InChI is InChI=1S/C6H14N2O2/c1-5(8)4-10-6(9)2-3-7/h5H,2-4,7-8H2,1H3. The molecule has 0 aromatic heterocycles. The van der Waals surface area contributed by atoms with Gasteiger partial charge in [-0.25, -0.2) is 0 Å². The minimum absolute atomic E-state index is 0.0956. The first-order chi connectivity index (χ1) is 4.66.